The zero-order valence-electron chi connectivity index (χ0n) is 17.6. The summed E-state index contributed by atoms with van der Waals surface area (Å²) in [6.07, 6.45) is 2.18. The lowest BCUT2D eigenvalue weighted by Gasteiger charge is -2.20. The van der Waals surface area contributed by atoms with Crippen molar-refractivity contribution >= 4 is 17.5 Å². The zero-order valence-corrected chi connectivity index (χ0v) is 17.6. The van der Waals surface area contributed by atoms with Crippen LogP contribution in [0.1, 0.15) is 54.1 Å². The minimum Gasteiger partial charge on any atom is -0.365 e. The normalized spacial score (nSPS) is 13.6. The molecule has 29 heavy (non-hydrogen) atoms. The van der Waals surface area contributed by atoms with E-state index in [4.69, 9.17) is 0 Å². The van der Waals surface area contributed by atoms with Crippen LogP contribution in [0.15, 0.2) is 48.5 Å². The van der Waals surface area contributed by atoms with E-state index in [-0.39, 0.29) is 11.8 Å². The number of anilines is 1. The number of likely N-dealkylation sites (tertiary alicyclic amines) is 1. The average Bonchev–Trinajstić information content (AvgIpc) is 3.27. The van der Waals surface area contributed by atoms with Crippen molar-refractivity contribution < 1.29 is 9.59 Å². The minimum absolute atomic E-state index is 0.0281. The second kappa shape index (κ2) is 9.59. The number of carbonyl (C=O) groups excluding carboxylic acids is 2. The van der Waals surface area contributed by atoms with Gasteiger partial charge < -0.3 is 15.1 Å². The van der Waals surface area contributed by atoms with Gasteiger partial charge in [0.2, 0.25) is 5.91 Å². The van der Waals surface area contributed by atoms with E-state index in [0.717, 1.165) is 37.2 Å². The highest BCUT2D eigenvalue weighted by atomic mass is 16.2. The topological polar surface area (TPSA) is 52.7 Å². The second-order valence-electron chi connectivity index (χ2n) is 8.08. The molecule has 0 atom stereocenters. The summed E-state index contributed by atoms with van der Waals surface area (Å²) >= 11 is 0. The van der Waals surface area contributed by atoms with Gasteiger partial charge in [-0.05, 0) is 54.2 Å². The molecule has 1 heterocycles. The van der Waals surface area contributed by atoms with Gasteiger partial charge in [-0.15, -0.1) is 0 Å². The summed E-state index contributed by atoms with van der Waals surface area (Å²) in [5.74, 6) is 0.528. The van der Waals surface area contributed by atoms with E-state index in [0.29, 0.717) is 24.6 Å². The van der Waals surface area contributed by atoms with Crippen molar-refractivity contribution in [3.05, 3.63) is 65.2 Å². The molecule has 1 saturated heterocycles. The Labute approximate surface area is 173 Å². The van der Waals surface area contributed by atoms with Crippen LogP contribution >= 0.6 is 0 Å². The summed E-state index contributed by atoms with van der Waals surface area (Å²) < 4.78 is 0. The standard InChI is InChI=1S/C24H31N3O2/c1-18(2)21-7-6-8-22(15-21)26(3)17-23(28)25-16-19-9-11-20(12-10-19)24(29)27-13-4-5-14-27/h6-12,15,18H,4-5,13-14,16-17H2,1-3H3,(H,25,28). The largest absolute Gasteiger partial charge is 0.365 e. The maximum absolute atomic E-state index is 12.4. The molecule has 1 fully saturated rings. The van der Waals surface area contributed by atoms with Gasteiger partial charge in [-0.2, -0.15) is 0 Å². The Balaban J connectivity index is 1.50. The Hall–Kier alpha value is -2.82. The summed E-state index contributed by atoms with van der Waals surface area (Å²) in [5.41, 5.74) is 4.00. The van der Waals surface area contributed by atoms with E-state index in [1.807, 2.05) is 53.2 Å². The Morgan fingerprint density at radius 3 is 2.41 bits per heavy atom. The van der Waals surface area contributed by atoms with E-state index in [9.17, 15) is 9.59 Å². The Kier molecular flexibility index (Phi) is 6.91. The molecule has 2 amide bonds. The lowest BCUT2D eigenvalue weighted by atomic mass is 10.0. The third-order valence-corrected chi connectivity index (χ3v) is 5.44. The van der Waals surface area contributed by atoms with Crippen LogP contribution in [-0.2, 0) is 11.3 Å². The molecule has 2 aromatic carbocycles. The number of likely N-dealkylation sites (N-methyl/N-ethyl adjacent to an activating group) is 1. The predicted octanol–water partition coefficient (Wildman–Crippen LogP) is 3.80. The molecule has 1 aliphatic rings. The monoisotopic (exact) mass is 393 g/mol. The molecule has 0 aromatic heterocycles. The molecule has 0 bridgehead atoms. The average molecular weight is 394 g/mol. The first-order chi connectivity index (χ1) is 13.9. The zero-order chi connectivity index (χ0) is 20.8. The minimum atomic E-state index is -0.0281. The van der Waals surface area contributed by atoms with Crippen LogP contribution < -0.4 is 10.2 Å². The van der Waals surface area contributed by atoms with Gasteiger partial charge in [0.1, 0.15) is 0 Å². The van der Waals surface area contributed by atoms with Crippen molar-refractivity contribution in [1.29, 1.82) is 0 Å². The molecule has 0 unspecified atom stereocenters. The lowest BCUT2D eigenvalue weighted by Crippen LogP contribution is -2.34. The SMILES string of the molecule is CC(C)c1cccc(N(C)CC(=O)NCc2ccc(C(=O)N3CCCC3)cc2)c1. The van der Waals surface area contributed by atoms with Crippen LogP contribution in [0.25, 0.3) is 0 Å². The van der Waals surface area contributed by atoms with E-state index < -0.39 is 0 Å². The number of hydrogen-bond acceptors (Lipinski definition) is 3. The van der Waals surface area contributed by atoms with Gasteiger partial charge in [-0.25, -0.2) is 0 Å². The van der Waals surface area contributed by atoms with E-state index in [2.05, 4.69) is 31.3 Å². The van der Waals surface area contributed by atoms with Crippen molar-refractivity contribution in [3.63, 3.8) is 0 Å². The fraction of sp³-hybridized carbons (Fsp3) is 0.417. The van der Waals surface area contributed by atoms with Crippen LogP contribution in [-0.4, -0.2) is 43.4 Å². The Bertz CT molecular complexity index is 839. The Morgan fingerprint density at radius 2 is 1.76 bits per heavy atom. The number of hydrogen-bond donors (Lipinski definition) is 1. The summed E-state index contributed by atoms with van der Waals surface area (Å²) in [6, 6.07) is 15.8. The molecule has 154 valence electrons. The third kappa shape index (κ3) is 5.59. The number of benzene rings is 2. The Morgan fingerprint density at radius 1 is 1.07 bits per heavy atom. The van der Waals surface area contributed by atoms with Crippen LogP contribution in [0.2, 0.25) is 0 Å². The van der Waals surface area contributed by atoms with Gasteiger partial charge in [0, 0.05) is 37.9 Å². The van der Waals surface area contributed by atoms with Crippen LogP contribution in [0.3, 0.4) is 0 Å². The van der Waals surface area contributed by atoms with Gasteiger partial charge in [0.15, 0.2) is 0 Å². The lowest BCUT2D eigenvalue weighted by molar-refractivity contribution is -0.119. The van der Waals surface area contributed by atoms with Crippen molar-refractivity contribution in [1.82, 2.24) is 10.2 Å². The van der Waals surface area contributed by atoms with Gasteiger partial charge in [-0.3, -0.25) is 9.59 Å². The highest BCUT2D eigenvalue weighted by molar-refractivity contribution is 5.94. The molecule has 1 aliphatic heterocycles. The van der Waals surface area contributed by atoms with E-state index in [1.54, 1.807) is 0 Å². The second-order valence-corrected chi connectivity index (χ2v) is 8.08. The quantitative estimate of drug-likeness (QED) is 0.778. The van der Waals surface area contributed by atoms with Gasteiger partial charge in [-0.1, -0.05) is 38.1 Å². The summed E-state index contributed by atoms with van der Waals surface area (Å²) in [5, 5.41) is 2.96. The number of nitrogens with zero attached hydrogens (tertiary/aromatic N) is 2. The molecular weight excluding hydrogens is 362 g/mol. The van der Waals surface area contributed by atoms with Crippen LogP contribution in [0.5, 0.6) is 0 Å². The molecule has 0 radical (unpaired) electrons. The summed E-state index contributed by atoms with van der Waals surface area (Å²) in [4.78, 5) is 28.6. The van der Waals surface area contributed by atoms with Crippen molar-refractivity contribution in [3.8, 4) is 0 Å². The molecular formula is C24H31N3O2. The van der Waals surface area contributed by atoms with Crippen LogP contribution in [0, 0.1) is 0 Å². The van der Waals surface area contributed by atoms with Gasteiger partial charge in [0.05, 0.1) is 6.54 Å². The first-order valence-electron chi connectivity index (χ1n) is 10.4. The van der Waals surface area contributed by atoms with E-state index >= 15 is 0 Å². The fourth-order valence-electron chi connectivity index (χ4n) is 3.55. The van der Waals surface area contributed by atoms with Crippen LogP contribution in [0.4, 0.5) is 5.69 Å². The van der Waals surface area contributed by atoms with E-state index in [1.165, 1.54) is 5.56 Å². The number of nitrogens with one attached hydrogen (secondary N) is 1. The molecule has 5 nitrogen and oxygen atoms in total. The summed E-state index contributed by atoms with van der Waals surface area (Å²) in [7, 11) is 1.93. The summed E-state index contributed by atoms with van der Waals surface area (Å²) in [6.45, 7) is 6.78. The number of carbonyl (C=O) groups is 2. The van der Waals surface area contributed by atoms with Crippen molar-refractivity contribution in [2.24, 2.45) is 0 Å². The first-order valence-corrected chi connectivity index (χ1v) is 10.4. The van der Waals surface area contributed by atoms with Crippen molar-refractivity contribution in [2.45, 2.75) is 39.2 Å². The molecule has 2 aromatic rings. The fourth-order valence-corrected chi connectivity index (χ4v) is 3.55. The number of amides is 2. The number of rotatable bonds is 7. The molecule has 3 rings (SSSR count). The smallest absolute Gasteiger partial charge is 0.253 e. The maximum atomic E-state index is 12.4. The highest BCUT2D eigenvalue weighted by Crippen LogP contribution is 2.20. The highest BCUT2D eigenvalue weighted by Gasteiger charge is 2.19. The van der Waals surface area contributed by atoms with Crippen molar-refractivity contribution in [2.75, 3.05) is 31.6 Å². The first kappa shape index (κ1) is 20.9. The predicted molar refractivity (Wildman–Crippen MR) is 117 cm³/mol. The maximum Gasteiger partial charge on any atom is 0.253 e. The molecule has 0 aliphatic carbocycles. The molecule has 0 saturated carbocycles. The molecule has 0 spiro atoms. The third-order valence-electron chi connectivity index (χ3n) is 5.44. The van der Waals surface area contributed by atoms with Gasteiger partial charge >= 0.3 is 0 Å². The van der Waals surface area contributed by atoms with Gasteiger partial charge in [0.25, 0.3) is 5.91 Å². The molecule has 5 heteroatoms. The molecule has 1 N–H and O–H groups in total.